The van der Waals surface area contributed by atoms with Crippen molar-refractivity contribution in [3.05, 3.63) is 35.4 Å². The Balaban J connectivity index is 1.74. The second kappa shape index (κ2) is 8.15. The van der Waals surface area contributed by atoms with E-state index in [-0.39, 0.29) is 12.5 Å². The Hall–Kier alpha value is -1.39. The minimum atomic E-state index is -0.0206. The Morgan fingerprint density at radius 3 is 2.90 bits per heavy atom. The molecule has 1 unspecified atom stereocenters. The smallest absolute Gasteiger partial charge is 0.246 e. The van der Waals surface area contributed by atoms with E-state index in [1.165, 1.54) is 11.1 Å². The highest BCUT2D eigenvalue weighted by molar-refractivity contribution is 5.77. The number of carbonyl (C=O) groups is 1. The fourth-order valence-electron chi connectivity index (χ4n) is 2.64. The molecule has 2 rings (SSSR count). The topological polar surface area (TPSA) is 41.6 Å². The molecule has 1 amide bonds. The van der Waals surface area contributed by atoms with Gasteiger partial charge < -0.3 is 10.1 Å². The van der Waals surface area contributed by atoms with Gasteiger partial charge in [0, 0.05) is 32.3 Å². The average molecular weight is 290 g/mol. The van der Waals surface area contributed by atoms with Gasteiger partial charge >= 0.3 is 0 Å². The molecule has 1 aromatic rings. The van der Waals surface area contributed by atoms with E-state index in [1.807, 2.05) is 6.92 Å². The van der Waals surface area contributed by atoms with Gasteiger partial charge in [0.25, 0.3) is 0 Å². The molecule has 0 saturated carbocycles. The zero-order valence-corrected chi connectivity index (χ0v) is 13.1. The van der Waals surface area contributed by atoms with E-state index in [1.54, 1.807) is 0 Å². The summed E-state index contributed by atoms with van der Waals surface area (Å²) >= 11 is 0. The molecule has 0 aromatic heterocycles. The molecule has 1 aromatic carbocycles. The Morgan fingerprint density at radius 2 is 2.14 bits per heavy atom. The van der Waals surface area contributed by atoms with Crippen molar-refractivity contribution >= 4 is 5.91 Å². The number of hydrogen-bond acceptors (Lipinski definition) is 3. The maximum Gasteiger partial charge on any atom is 0.246 e. The summed E-state index contributed by atoms with van der Waals surface area (Å²) in [6.07, 6.45) is 2.03. The number of nitrogens with zero attached hydrogens (tertiary/aromatic N) is 1. The molecule has 1 N–H and O–H groups in total. The first-order chi connectivity index (χ1) is 10.2. The first-order valence-corrected chi connectivity index (χ1v) is 7.86. The van der Waals surface area contributed by atoms with Crippen LogP contribution in [0.15, 0.2) is 24.3 Å². The van der Waals surface area contributed by atoms with Gasteiger partial charge in [-0.15, -0.1) is 0 Å². The second-order valence-corrected chi connectivity index (χ2v) is 5.69. The lowest BCUT2D eigenvalue weighted by molar-refractivity contribution is -0.125. The van der Waals surface area contributed by atoms with E-state index in [9.17, 15) is 4.79 Å². The lowest BCUT2D eigenvalue weighted by Gasteiger charge is -2.33. The van der Waals surface area contributed by atoms with Crippen LogP contribution in [0, 0.1) is 0 Å². The monoisotopic (exact) mass is 290 g/mol. The highest BCUT2D eigenvalue weighted by atomic mass is 16.5. The molecular formula is C17H26N2O2. The summed E-state index contributed by atoms with van der Waals surface area (Å²) in [4.78, 5) is 14.1. The third kappa shape index (κ3) is 4.83. The molecule has 0 bridgehead atoms. The Kier molecular flexibility index (Phi) is 6.21. The zero-order valence-electron chi connectivity index (χ0n) is 13.1. The molecule has 1 atom stereocenters. The Morgan fingerprint density at radius 1 is 1.38 bits per heavy atom. The van der Waals surface area contributed by atoms with Crippen molar-refractivity contribution in [1.82, 2.24) is 10.2 Å². The van der Waals surface area contributed by atoms with E-state index < -0.39 is 0 Å². The first kappa shape index (κ1) is 16.0. The van der Waals surface area contributed by atoms with Crippen molar-refractivity contribution in [2.45, 2.75) is 39.3 Å². The van der Waals surface area contributed by atoms with Crippen molar-refractivity contribution in [3.8, 4) is 0 Å². The molecule has 1 heterocycles. The first-order valence-electron chi connectivity index (χ1n) is 7.86. The van der Waals surface area contributed by atoms with Crippen LogP contribution >= 0.6 is 0 Å². The predicted octanol–water partition coefficient (Wildman–Crippen LogP) is 1.98. The number of benzene rings is 1. The minimum absolute atomic E-state index is 0.0206. The lowest BCUT2D eigenvalue weighted by atomic mass is 9.99. The molecule has 4 nitrogen and oxygen atoms in total. The summed E-state index contributed by atoms with van der Waals surface area (Å²) in [5, 5.41) is 2.96. The summed E-state index contributed by atoms with van der Waals surface area (Å²) in [6, 6.07) is 8.96. The van der Waals surface area contributed by atoms with Crippen molar-refractivity contribution in [1.29, 1.82) is 0 Å². The molecule has 0 radical (unpaired) electrons. The second-order valence-electron chi connectivity index (χ2n) is 5.69. The average Bonchev–Trinajstić information content (AvgIpc) is 2.52. The van der Waals surface area contributed by atoms with Crippen LogP contribution in [0.5, 0.6) is 0 Å². The van der Waals surface area contributed by atoms with Gasteiger partial charge in [0.1, 0.15) is 6.61 Å². The molecule has 116 valence electrons. The van der Waals surface area contributed by atoms with Crippen LogP contribution in [0.2, 0.25) is 0 Å². The Bertz CT molecular complexity index is 462. The van der Waals surface area contributed by atoms with Crippen molar-refractivity contribution in [2.24, 2.45) is 0 Å². The number of amides is 1. The molecule has 0 aliphatic carbocycles. The molecule has 0 saturated heterocycles. The minimum Gasteiger partial charge on any atom is -0.372 e. The lowest BCUT2D eigenvalue weighted by Crippen LogP contribution is -2.45. The van der Waals surface area contributed by atoms with Crippen LogP contribution in [-0.2, 0) is 22.5 Å². The Labute approximate surface area is 127 Å². The van der Waals surface area contributed by atoms with E-state index in [0.29, 0.717) is 19.2 Å². The van der Waals surface area contributed by atoms with Gasteiger partial charge in [-0.25, -0.2) is 0 Å². The highest BCUT2D eigenvalue weighted by Gasteiger charge is 2.20. The molecule has 1 aliphatic heterocycles. The quantitative estimate of drug-likeness (QED) is 0.781. The van der Waals surface area contributed by atoms with E-state index in [2.05, 4.69) is 41.4 Å². The number of hydrogen-bond donors (Lipinski definition) is 1. The SMILES string of the molecule is CCCOCC(=O)NCC(C)N1CCc2ccccc2C1. The number of fused-ring (bicyclic) bond motifs is 1. The van der Waals surface area contributed by atoms with Crippen LogP contribution in [0.3, 0.4) is 0 Å². The zero-order chi connectivity index (χ0) is 15.1. The molecule has 4 heteroatoms. The van der Waals surface area contributed by atoms with E-state index in [0.717, 1.165) is 25.9 Å². The van der Waals surface area contributed by atoms with Crippen molar-refractivity contribution in [3.63, 3.8) is 0 Å². The van der Waals surface area contributed by atoms with Crippen molar-refractivity contribution < 1.29 is 9.53 Å². The molecule has 1 aliphatic rings. The summed E-state index contributed by atoms with van der Waals surface area (Å²) in [5.41, 5.74) is 2.87. The van der Waals surface area contributed by atoms with Gasteiger partial charge in [-0.3, -0.25) is 9.69 Å². The molecule has 0 spiro atoms. The predicted molar refractivity (Wildman–Crippen MR) is 84.1 cm³/mol. The third-order valence-corrected chi connectivity index (χ3v) is 3.96. The van der Waals surface area contributed by atoms with Gasteiger partial charge in [0.2, 0.25) is 5.91 Å². The number of ether oxygens (including phenoxy) is 1. The normalized spacial score (nSPS) is 16.3. The molecule has 0 fully saturated rings. The van der Waals surface area contributed by atoms with Gasteiger partial charge in [-0.1, -0.05) is 31.2 Å². The van der Waals surface area contributed by atoms with Gasteiger partial charge in [0.15, 0.2) is 0 Å². The van der Waals surface area contributed by atoms with E-state index >= 15 is 0 Å². The standard InChI is InChI=1S/C17H26N2O2/c1-3-10-21-13-17(20)18-11-14(2)19-9-8-15-6-4-5-7-16(15)12-19/h4-7,14H,3,8-13H2,1-2H3,(H,18,20). The summed E-state index contributed by atoms with van der Waals surface area (Å²) in [5.74, 6) is -0.0206. The maximum absolute atomic E-state index is 11.6. The summed E-state index contributed by atoms with van der Waals surface area (Å²) < 4.78 is 5.24. The van der Waals surface area contributed by atoms with E-state index in [4.69, 9.17) is 4.74 Å². The van der Waals surface area contributed by atoms with Gasteiger partial charge in [-0.05, 0) is 30.9 Å². The summed E-state index contributed by atoms with van der Waals surface area (Å²) in [7, 11) is 0. The highest BCUT2D eigenvalue weighted by Crippen LogP contribution is 2.19. The molecule has 21 heavy (non-hydrogen) atoms. The van der Waals surface area contributed by atoms with Crippen molar-refractivity contribution in [2.75, 3.05) is 26.3 Å². The number of carbonyl (C=O) groups excluding carboxylic acids is 1. The number of rotatable bonds is 7. The largest absolute Gasteiger partial charge is 0.372 e. The van der Waals surface area contributed by atoms with Crippen LogP contribution in [-0.4, -0.2) is 43.2 Å². The number of nitrogens with one attached hydrogen (secondary N) is 1. The van der Waals surface area contributed by atoms with Crippen LogP contribution in [0.4, 0.5) is 0 Å². The third-order valence-electron chi connectivity index (χ3n) is 3.96. The van der Waals surface area contributed by atoms with Gasteiger partial charge in [0.05, 0.1) is 0 Å². The fraction of sp³-hybridized carbons (Fsp3) is 0.588. The molecular weight excluding hydrogens is 264 g/mol. The fourth-order valence-corrected chi connectivity index (χ4v) is 2.64. The van der Waals surface area contributed by atoms with Gasteiger partial charge in [-0.2, -0.15) is 0 Å². The summed E-state index contributed by atoms with van der Waals surface area (Å²) in [6.45, 7) is 7.72. The maximum atomic E-state index is 11.6. The van der Waals surface area contributed by atoms with Crippen LogP contribution < -0.4 is 5.32 Å². The van der Waals surface area contributed by atoms with Crippen LogP contribution in [0.25, 0.3) is 0 Å². The van der Waals surface area contributed by atoms with Crippen LogP contribution in [0.1, 0.15) is 31.4 Å².